The van der Waals surface area contributed by atoms with Gasteiger partial charge in [-0.25, -0.2) is 4.39 Å². The first-order valence-electron chi connectivity index (χ1n) is 5.91. The summed E-state index contributed by atoms with van der Waals surface area (Å²) in [5, 5.41) is 9.62. The number of hydrogen-bond acceptors (Lipinski definition) is 2. The molecular weight excluding hydrogens is 321 g/mol. The summed E-state index contributed by atoms with van der Waals surface area (Å²) < 4.78 is 88.4. The molecule has 9 heteroatoms. The van der Waals surface area contributed by atoms with E-state index in [-0.39, 0.29) is 5.56 Å². The molecule has 2 nitrogen and oxygen atoms in total. The number of aliphatic hydroxyl groups excluding tert-OH is 1. The van der Waals surface area contributed by atoms with E-state index in [0.29, 0.717) is 0 Å². The molecule has 0 bridgehead atoms. The minimum absolute atomic E-state index is 0.276. The number of rotatable bonds is 4. The van der Waals surface area contributed by atoms with Crippen molar-refractivity contribution < 1.29 is 40.6 Å². The zero-order chi connectivity index (χ0) is 17.3. The fraction of sp³-hybridized carbons (Fsp3) is 0.462. The SMILES string of the molecule is CC(=O)c1ccccc1C(O)CC(F)(C(F)(F)F)C(F)(F)F. The lowest BCUT2D eigenvalue weighted by Crippen LogP contribution is -2.54. The van der Waals surface area contributed by atoms with Crippen molar-refractivity contribution in [3.05, 3.63) is 35.4 Å². The predicted octanol–water partition coefficient (Wildman–Crippen LogP) is 4.15. The third kappa shape index (κ3) is 3.40. The van der Waals surface area contributed by atoms with Gasteiger partial charge in [0.2, 0.25) is 0 Å². The van der Waals surface area contributed by atoms with Crippen LogP contribution in [0.25, 0.3) is 0 Å². The Labute approximate surface area is 120 Å². The highest BCUT2D eigenvalue weighted by molar-refractivity contribution is 5.95. The zero-order valence-corrected chi connectivity index (χ0v) is 11.1. The van der Waals surface area contributed by atoms with Gasteiger partial charge in [-0.1, -0.05) is 24.3 Å². The van der Waals surface area contributed by atoms with Crippen molar-refractivity contribution in [2.24, 2.45) is 0 Å². The molecule has 0 fully saturated rings. The van der Waals surface area contributed by atoms with Gasteiger partial charge in [-0.3, -0.25) is 4.79 Å². The van der Waals surface area contributed by atoms with Crippen molar-refractivity contribution in [2.45, 2.75) is 37.5 Å². The fourth-order valence-electron chi connectivity index (χ4n) is 1.88. The van der Waals surface area contributed by atoms with Crippen molar-refractivity contribution in [3.8, 4) is 0 Å². The van der Waals surface area contributed by atoms with Gasteiger partial charge in [0.15, 0.2) is 5.78 Å². The number of carbonyl (C=O) groups excluding carboxylic acids is 1. The van der Waals surface area contributed by atoms with Crippen LogP contribution in [0.4, 0.5) is 30.7 Å². The Bertz CT molecular complexity index is 534. The van der Waals surface area contributed by atoms with Crippen LogP contribution < -0.4 is 0 Å². The summed E-state index contributed by atoms with van der Waals surface area (Å²) in [4.78, 5) is 11.3. The first-order valence-corrected chi connectivity index (χ1v) is 5.91. The molecule has 0 heterocycles. The molecule has 1 rings (SSSR count). The Morgan fingerprint density at radius 1 is 1.05 bits per heavy atom. The highest BCUT2D eigenvalue weighted by Gasteiger charge is 2.72. The molecule has 0 aromatic heterocycles. The number of ketones is 1. The van der Waals surface area contributed by atoms with E-state index < -0.39 is 41.9 Å². The number of carbonyl (C=O) groups is 1. The molecule has 0 aliphatic heterocycles. The standard InChI is InChI=1S/C13H11F7O2/c1-7(21)8-4-2-3-5-9(8)10(22)6-11(14,12(15,16)17)13(18,19)20/h2-5,10,22H,6H2,1H3. The topological polar surface area (TPSA) is 37.3 Å². The molecule has 22 heavy (non-hydrogen) atoms. The summed E-state index contributed by atoms with van der Waals surface area (Å²) in [6.07, 6.45) is -17.2. The third-order valence-corrected chi connectivity index (χ3v) is 3.07. The van der Waals surface area contributed by atoms with Gasteiger partial charge in [0.25, 0.3) is 0 Å². The average molecular weight is 332 g/mol. The molecule has 0 saturated heterocycles. The summed E-state index contributed by atoms with van der Waals surface area (Å²) in [6, 6.07) is 4.59. The van der Waals surface area contributed by atoms with Crippen LogP contribution in [-0.4, -0.2) is 28.9 Å². The lowest BCUT2D eigenvalue weighted by atomic mass is 9.90. The molecule has 0 spiro atoms. The van der Waals surface area contributed by atoms with Crippen molar-refractivity contribution in [3.63, 3.8) is 0 Å². The molecular formula is C13H11F7O2. The van der Waals surface area contributed by atoms with E-state index in [1.54, 1.807) is 0 Å². The Morgan fingerprint density at radius 2 is 1.50 bits per heavy atom. The predicted molar refractivity (Wildman–Crippen MR) is 62.0 cm³/mol. The van der Waals surface area contributed by atoms with Crippen molar-refractivity contribution in [2.75, 3.05) is 0 Å². The number of Topliss-reactive ketones (excluding diaryl/α,β-unsaturated/α-hetero) is 1. The highest BCUT2D eigenvalue weighted by atomic mass is 19.4. The van der Waals surface area contributed by atoms with E-state index >= 15 is 0 Å². The molecule has 0 radical (unpaired) electrons. The van der Waals surface area contributed by atoms with Crippen LogP contribution in [0.15, 0.2) is 24.3 Å². The van der Waals surface area contributed by atoms with E-state index in [9.17, 15) is 40.6 Å². The van der Waals surface area contributed by atoms with Crippen LogP contribution in [-0.2, 0) is 0 Å². The molecule has 0 saturated carbocycles. The summed E-state index contributed by atoms with van der Waals surface area (Å²) in [7, 11) is 0. The van der Waals surface area contributed by atoms with Gasteiger partial charge in [-0.15, -0.1) is 0 Å². The van der Waals surface area contributed by atoms with E-state index in [1.165, 1.54) is 12.1 Å². The fourth-order valence-corrected chi connectivity index (χ4v) is 1.88. The number of hydrogen-bond donors (Lipinski definition) is 1. The Hall–Kier alpha value is -1.64. The summed E-state index contributed by atoms with van der Waals surface area (Å²) in [6.45, 7) is 1.02. The van der Waals surface area contributed by atoms with Crippen LogP contribution in [0, 0.1) is 0 Å². The van der Waals surface area contributed by atoms with E-state index in [1.807, 2.05) is 0 Å². The Morgan fingerprint density at radius 3 is 1.91 bits per heavy atom. The van der Waals surface area contributed by atoms with Gasteiger partial charge >= 0.3 is 18.0 Å². The average Bonchev–Trinajstić information content (AvgIpc) is 2.35. The van der Waals surface area contributed by atoms with Crippen LogP contribution in [0.5, 0.6) is 0 Å². The minimum atomic E-state index is -6.25. The van der Waals surface area contributed by atoms with Gasteiger partial charge in [-0.2, -0.15) is 26.3 Å². The second-order valence-electron chi connectivity index (χ2n) is 4.66. The van der Waals surface area contributed by atoms with E-state index in [0.717, 1.165) is 19.1 Å². The lowest BCUT2D eigenvalue weighted by Gasteiger charge is -2.31. The summed E-state index contributed by atoms with van der Waals surface area (Å²) in [5.74, 6) is -0.682. The smallest absolute Gasteiger partial charge is 0.388 e. The van der Waals surface area contributed by atoms with Gasteiger partial charge in [0.1, 0.15) is 0 Å². The van der Waals surface area contributed by atoms with E-state index in [4.69, 9.17) is 0 Å². The lowest BCUT2D eigenvalue weighted by molar-refractivity contribution is -0.347. The Balaban J connectivity index is 3.24. The first kappa shape index (κ1) is 18.4. The molecule has 1 atom stereocenters. The number of halogens is 7. The van der Waals surface area contributed by atoms with E-state index in [2.05, 4.69) is 0 Å². The highest BCUT2D eigenvalue weighted by Crippen LogP contribution is 2.50. The number of alkyl halides is 7. The zero-order valence-electron chi connectivity index (χ0n) is 11.1. The second-order valence-corrected chi connectivity index (χ2v) is 4.66. The molecule has 1 aromatic carbocycles. The van der Waals surface area contributed by atoms with Crippen LogP contribution >= 0.6 is 0 Å². The molecule has 0 aliphatic carbocycles. The van der Waals surface area contributed by atoms with Gasteiger partial charge in [0.05, 0.1) is 6.10 Å². The number of benzene rings is 1. The number of aliphatic hydroxyl groups is 1. The molecule has 1 unspecified atom stereocenters. The largest absolute Gasteiger partial charge is 0.431 e. The first-order chi connectivity index (χ1) is 9.81. The monoisotopic (exact) mass is 332 g/mol. The molecule has 0 aliphatic rings. The second kappa shape index (κ2) is 5.86. The van der Waals surface area contributed by atoms with Crippen molar-refractivity contribution in [1.29, 1.82) is 0 Å². The van der Waals surface area contributed by atoms with Crippen LogP contribution in [0.3, 0.4) is 0 Å². The molecule has 1 N–H and O–H groups in total. The van der Waals surface area contributed by atoms with Crippen LogP contribution in [0.2, 0.25) is 0 Å². The molecule has 124 valence electrons. The third-order valence-electron chi connectivity index (χ3n) is 3.07. The van der Waals surface area contributed by atoms with Gasteiger partial charge < -0.3 is 5.11 Å². The summed E-state index contributed by atoms with van der Waals surface area (Å²) in [5.41, 5.74) is -6.35. The van der Waals surface area contributed by atoms with Crippen molar-refractivity contribution in [1.82, 2.24) is 0 Å². The van der Waals surface area contributed by atoms with Gasteiger partial charge in [0, 0.05) is 12.0 Å². The minimum Gasteiger partial charge on any atom is -0.388 e. The maximum absolute atomic E-state index is 13.6. The maximum atomic E-state index is 13.6. The summed E-state index contributed by atoms with van der Waals surface area (Å²) >= 11 is 0. The quantitative estimate of drug-likeness (QED) is 0.664. The van der Waals surface area contributed by atoms with Crippen LogP contribution in [0.1, 0.15) is 35.4 Å². The maximum Gasteiger partial charge on any atom is 0.431 e. The molecule has 1 aromatic rings. The molecule has 0 amide bonds. The van der Waals surface area contributed by atoms with Crippen molar-refractivity contribution >= 4 is 5.78 Å². The van der Waals surface area contributed by atoms with Gasteiger partial charge in [-0.05, 0) is 12.5 Å². The Kier molecular flexibility index (Phi) is 4.91. The normalized spacial score (nSPS) is 14.8.